The van der Waals surface area contributed by atoms with E-state index >= 15 is 0 Å². The van der Waals surface area contributed by atoms with Crippen molar-refractivity contribution in [2.24, 2.45) is 11.8 Å². The van der Waals surface area contributed by atoms with Gasteiger partial charge in [-0.3, -0.25) is 0 Å². The van der Waals surface area contributed by atoms with Crippen LogP contribution in [-0.2, 0) is 0 Å². The van der Waals surface area contributed by atoms with E-state index in [4.69, 9.17) is 5.73 Å². The number of hydrogen-bond donors (Lipinski definition) is 2. The predicted octanol–water partition coefficient (Wildman–Crippen LogP) is 3.51. The van der Waals surface area contributed by atoms with Crippen molar-refractivity contribution in [2.75, 3.05) is 11.1 Å². The third-order valence-electron chi connectivity index (χ3n) is 3.99. The Morgan fingerprint density at radius 3 is 2.81 bits per heavy atom. The number of benzene rings is 1. The summed E-state index contributed by atoms with van der Waals surface area (Å²) >= 11 is 0. The summed E-state index contributed by atoms with van der Waals surface area (Å²) in [6.45, 7) is 4.66. The zero-order valence-electron chi connectivity index (χ0n) is 10.2. The molecule has 16 heavy (non-hydrogen) atoms. The molecule has 88 valence electrons. The number of nitrogens with one attached hydrogen (secondary N) is 1. The SMILES string of the molecule is CCC1CCC(Nc2cccc(N)c2)C1C. The van der Waals surface area contributed by atoms with Crippen LogP contribution in [0.3, 0.4) is 0 Å². The van der Waals surface area contributed by atoms with E-state index in [0.29, 0.717) is 6.04 Å². The van der Waals surface area contributed by atoms with Gasteiger partial charge in [0.25, 0.3) is 0 Å². The molecule has 0 aromatic heterocycles. The van der Waals surface area contributed by atoms with Crippen molar-refractivity contribution in [3.63, 3.8) is 0 Å². The van der Waals surface area contributed by atoms with Gasteiger partial charge in [-0.2, -0.15) is 0 Å². The molecule has 2 nitrogen and oxygen atoms in total. The van der Waals surface area contributed by atoms with Gasteiger partial charge in [0.2, 0.25) is 0 Å². The first-order valence-corrected chi connectivity index (χ1v) is 6.32. The van der Waals surface area contributed by atoms with Gasteiger partial charge in [-0.05, 0) is 42.9 Å². The van der Waals surface area contributed by atoms with Crippen LogP contribution in [0, 0.1) is 11.8 Å². The van der Waals surface area contributed by atoms with E-state index < -0.39 is 0 Å². The van der Waals surface area contributed by atoms with Crippen molar-refractivity contribution in [3.05, 3.63) is 24.3 Å². The lowest BCUT2D eigenvalue weighted by atomic mass is 9.93. The number of hydrogen-bond acceptors (Lipinski definition) is 2. The summed E-state index contributed by atoms with van der Waals surface area (Å²) in [6, 6.07) is 8.67. The molecule has 0 saturated heterocycles. The molecule has 0 aliphatic heterocycles. The average molecular weight is 218 g/mol. The van der Waals surface area contributed by atoms with E-state index in [1.165, 1.54) is 19.3 Å². The summed E-state index contributed by atoms with van der Waals surface area (Å²) in [4.78, 5) is 0. The minimum Gasteiger partial charge on any atom is -0.399 e. The van der Waals surface area contributed by atoms with E-state index in [9.17, 15) is 0 Å². The van der Waals surface area contributed by atoms with Crippen molar-refractivity contribution >= 4 is 11.4 Å². The van der Waals surface area contributed by atoms with E-state index in [1.807, 2.05) is 18.2 Å². The monoisotopic (exact) mass is 218 g/mol. The first-order valence-electron chi connectivity index (χ1n) is 6.32. The standard InChI is InChI=1S/C14H22N2/c1-3-11-7-8-14(10(11)2)16-13-6-4-5-12(15)9-13/h4-6,9-11,14,16H,3,7-8,15H2,1-2H3. The highest BCUT2D eigenvalue weighted by Gasteiger charge is 2.31. The summed E-state index contributed by atoms with van der Waals surface area (Å²) in [7, 11) is 0. The maximum absolute atomic E-state index is 5.78. The predicted molar refractivity (Wildman–Crippen MR) is 70.4 cm³/mol. The van der Waals surface area contributed by atoms with Crippen LogP contribution in [0.2, 0.25) is 0 Å². The zero-order valence-corrected chi connectivity index (χ0v) is 10.2. The van der Waals surface area contributed by atoms with Crippen molar-refractivity contribution in [1.29, 1.82) is 0 Å². The van der Waals surface area contributed by atoms with Gasteiger partial charge in [-0.15, -0.1) is 0 Å². The Morgan fingerprint density at radius 2 is 2.19 bits per heavy atom. The average Bonchev–Trinajstić information content (AvgIpc) is 2.60. The second-order valence-corrected chi connectivity index (χ2v) is 4.98. The molecule has 1 aliphatic carbocycles. The molecule has 0 amide bonds. The maximum atomic E-state index is 5.78. The first-order chi connectivity index (χ1) is 7.70. The number of nitrogen functional groups attached to an aromatic ring is 1. The molecule has 0 heterocycles. The van der Waals surface area contributed by atoms with Crippen LogP contribution in [0.25, 0.3) is 0 Å². The normalized spacial score (nSPS) is 29.2. The molecule has 1 saturated carbocycles. The van der Waals surface area contributed by atoms with Crippen LogP contribution in [-0.4, -0.2) is 6.04 Å². The topological polar surface area (TPSA) is 38.0 Å². The molecule has 2 heteroatoms. The lowest BCUT2D eigenvalue weighted by molar-refractivity contribution is 0.392. The van der Waals surface area contributed by atoms with Crippen LogP contribution in [0.15, 0.2) is 24.3 Å². The van der Waals surface area contributed by atoms with Gasteiger partial charge in [0.15, 0.2) is 0 Å². The van der Waals surface area contributed by atoms with Crippen molar-refractivity contribution in [2.45, 2.75) is 39.2 Å². The minimum atomic E-state index is 0.617. The largest absolute Gasteiger partial charge is 0.399 e. The third-order valence-corrected chi connectivity index (χ3v) is 3.99. The molecule has 1 fully saturated rings. The van der Waals surface area contributed by atoms with Gasteiger partial charge < -0.3 is 11.1 Å². The Bertz CT molecular complexity index is 348. The molecule has 1 aromatic carbocycles. The Labute approximate surface area is 98.2 Å². The van der Waals surface area contributed by atoms with Gasteiger partial charge in [-0.25, -0.2) is 0 Å². The van der Waals surface area contributed by atoms with Crippen LogP contribution in [0.1, 0.15) is 33.1 Å². The fourth-order valence-electron chi connectivity index (χ4n) is 2.87. The Morgan fingerprint density at radius 1 is 1.38 bits per heavy atom. The van der Waals surface area contributed by atoms with Crippen LogP contribution < -0.4 is 11.1 Å². The van der Waals surface area contributed by atoms with Crippen LogP contribution >= 0.6 is 0 Å². The number of anilines is 2. The van der Waals surface area contributed by atoms with Crippen LogP contribution in [0.4, 0.5) is 11.4 Å². The van der Waals surface area contributed by atoms with E-state index in [1.54, 1.807) is 0 Å². The molecule has 0 bridgehead atoms. The van der Waals surface area contributed by atoms with Crippen molar-refractivity contribution < 1.29 is 0 Å². The molecular formula is C14H22N2. The summed E-state index contributed by atoms with van der Waals surface area (Å²) in [5.41, 5.74) is 7.78. The number of nitrogens with two attached hydrogens (primary N) is 1. The second-order valence-electron chi connectivity index (χ2n) is 4.98. The fourth-order valence-corrected chi connectivity index (χ4v) is 2.87. The quantitative estimate of drug-likeness (QED) is 0.762. The minimum absolute atomic E-state index is 0.617. The lowest BCUT2D eigenvalue weighted by Crippen LogP contribution is -2.24. The molecule has 3 atom stereocenters. The highest BCUT2D eigenvalue weighted by molar-refractivity contribution is 5.54. The van der Waals surface area contributed by atoms with E-state index in [-0.39, 0.29) is 0 Å². The Kier molecular flexibility index (Phi) is 3.37. The molecule has 0 spiro atoms. The maximum Gasteiger partial charge on any atom is 0.0363 e. The molecule has 1 aromatic rings. The van der Waals surface area contributed by atoms with E-state index in [0.717, 1.165) is 23.2 Å². The summed E-state index contributed by atoms with van der Waals surface area (Å²) in [5, 5.41) is 3.62. The Balaban J connectivity index is 2.00. The van der Waals surface area contributed by atoms with E-state index in [2.05, 4.69) is 25.2 Å². The highest BCUT2D eigenvalue weighted by Crippen LogP contribution is 2.35. The molecule has 2 rings (SSSR count). The molecule has 3 N–H and O–H groups in total. The third kappa shape index (κ3) is 2.31. The Hall–Kier alpha value is -1.18. The number of rotatable bonds is 3. The summed E-state index contributed by atoms with van der Waals surface area (Å²) in [5.74, 6) is 1.66. The van der Waals surface area contributed by atoms with Crippen molar-refractivity contribution in [3.8, 4) is 0 Å². The smallest absolute Gasteiger partial charge is 0.0363 e. The van der Waals surface area contributed by atoms with Gasteiger partial charge >= 0.3 is 0 Å². The van der Waals surface area contributed by atoms with Gasteiger partial charge in [0.05, 0.1) is 0 Å². The molecule has 3 unspecified atom stereocenters. The zero-order chi connectivity index (χ0) is 11.5. The second kappa shape index (κ2) is 4.77. The lowest BCUT2D eigenvalue weighted by Gasteiger charge is -2.22. The highest BCUT2D eigenvalue weighted by atomic mass is 14.9. The van der Waals surface area contributed by atoms with Crippen LogP contribution in [0.5, 0.6) is 0 Å². The van der Waals surface area contributed by atoms with Crippen molar-refractivity contribution in [1.82, 2.24) is 0 Å². The first kappa shape index (κ1) is 11.3. The molecular weight excluding hydrogens is 196 g/mol. The van der Waals surface area contributed by atoms with Gasteiger partial charge in [-0.1, -0.05) is 26.3 Å². The molecule has 0 radical (unpaired) electrons. The fraction of sp³-hybridized carbons (Fsp3) is 0.571. The summed E-state index contributed by atoms with van der Waals surface area (Å²) < 4.78 is 0. The summed E-state index contributed by atoms with van der Waals surface area (Å²) in [6.07, 6.45) is 3.95. The van der Waals surface area contributed by atoms with Gasteiger partial charge in [0, 0.05) is 17.4 Å². The van der Waals surface area contributed by atoms with Gasteiger partial charge in [0.1, 0.15) is 0 Å². The molecule has 1 aliphatic rings.